The lowest BCUT2D eigenvalue weighted by Gasteiger charge is -2.08. The van der Waals surface area contributed by atoms with Crippen molar-refractivity contribution in [1.82, 2.24) is 10.3 Å². The van der Waals surface area contributed by atoms with Gasteiger partial charge in [-0.2, -0.15) is 0 Å². The molecule has 0 atom stereocenters. The van der Waals surface area contributed by atoms with Gasteiger partial charge in [0.15, 0.2) is 0 Å². The van der Waals surface area contributed by atoms with Crippen LogP contribution in [0.4, 0.5) is 5.69 Å². The Morgan fingerprint density at radius 2 is 1.68 bits per heavy atom. The van der Waals surface area contributed by atoms with Crippen LogP contribution >= 0.6 is 23.2 Å². The van der Waals surface area contributed by atoms with E-state index in [1.54, 1.807) is 25.3 Å². The van der Waals surface area contributed by atoms with Gasteiger partial charge >= 0.3 is 0 Å². The molecule has 1 aromatic carbocycles. The van der Waals surface area contributed by atoms with Crippen molar-refractivity contribution in [3.05, 3.63) is 57.8 Å². The summed E-state index contributed by atoms with van der Waals surface area (Å²) in [5, 5.41) is 6.22. The van der Waals surface area contributed by atoms with Crippen LogP contribution < -0.4 is 10.6 Å². The summed E-state index contributed by atoms with van der Waals surface area (Å²) in [6, 6.07) is 6.19. The molecule has 1 heterocycles. The zero-order chi connectivity index (χ0) is 18.2. The van der Waals surface area contributed by atoms with Gasteiger partial charge in [0.2, 0.25) is 0 Å². The maximum Gasteiger partial charge on any atom is 0.257 e. The molecule has 8 heteroatoms. The SMILES string of the molecule is COCCCNC(=O)c1cncc(C(=O)Nc2cc(Cl)cc(Cl)c2)c1. The van der Waals surface area contributed by atoms with Crippen LogP contribution in [0.2, 0.25) is 10.0 Å². The van der Waals surface area contributed by atoms with E-state index in [4.69, 9.17) is 27.9 Å². The highest BCUT2D eigenvalue weighted by Crippen LogP contribution is 2.22. The lowest BCUT2D eigenvalue weighted by molar-refractivity contribution is 0.0948. The first-order valence-corrected chi connectivity index (χ1v) is 8.25. The highest BCUT2D eigenvalue weighted by molar-refractivity contribution is 6.35. The van der Waals surface area contributed by atoms with E-state index in [9.17, 15) is 9.59 Å². The fourth-order valence-electron chi connectivity index (χ4n) is 2.04. The van der Waals surface area contributed by atoms with Gasteiger partial charge in [-0.05, 0) is 30.7 Å². The summed E-state index contributed by atoms with van der Waals surface area (Å²) in [6.07, 6.45) is 3.48. The molecule has 0 aliphatic carbocycles. The molecular weight excluding hydrogens is 365 g/mol. The molecule has 0 radical (unpaired) electrons. The van der Waals surface area contributed by atoms with Gasteiger partial charge < -0.3 is 15.4 Å². The summed E-state index contributed by atoms with van der Waals surface area (Å²) in [5.74, 6) is -0.719. The normalized spacial score (nSPS) is 10.4. The molecule has 0 saturated heterocycles. The standard InChI is InChI=1S/C17H17Cl2N3O3/c1-25-4-2-3-21-16(23)11-5-12(10-20-9-11)17(24)22-15-7-13(18)6-14(19)8-15/h5-10H,2-4H2,1H3,(H,21,23)(H,22,24). The van der Waals surface area contributed by atoms with Gasteiger partial charge in [-0.15, -0.1) is 0 Å². The van der Waals surface area contributed by atoms with Gasteiger partial charge in [0.05, 0.1) is 11.1 Å². The van der Waals surface area contributed by atoms with Crippen LogP contribution in [0.5, 0.6) is 0 Å². The average molecular weight is 382 g/mol. The lowest BCUT2D eigenvalue weighted by Crippen LogP contribution is -2.25. The number of benzene rings is 1. The van der Waals surface area contributed by atoms with Crippen molar-refractivity contribution >= 4 is 40.7 Å². The average Bonchev–Trinajstić information content (AvgIpc) is 2.57. The number of nitrogens with one attached hydrogen (secondary N) is 2. The van der Waals surface area contributed by atoms with E-state index in [1.165, 1.54) is 18.5 Å². The third-order valence-electron chi connectivity index (χ3n) is 3.19. The summed E-state index contributed by atoms with van der Waals surface area (Å²) in [4.78, 5) is 28.3. The topological polar surface area (TPSA) is 80.3 Å². The van der Waals surface area contributed by atoms with Crippen LogP contribution in [0, 0.1) is 0 Å². The minimum Gasteiger partial charge on any atom is -0.385 e. The third kappa shape index (κ3) is 6.01. The van der Waals surface area contributed by atoms with Crippen molar-refractivity contribution in [2.75, 3.05) is 25.6 Å². The van der Waals surface area contributed by atoms with Crippen LogP contribution in [-0.2, 0) is 4.74 Å². The summed E-state index contributed by atoms with van der Waals surface area (Å²) >= 11 is 11.8. The Bertz CT molecular complexity index is 748. The number of aromatic nitrogens is 1. The fourth-order valence-corrected chi connectivity index (χ4v) is 2.56. The first-order valence-electron chi connectivity index (χ1n) is 7.49. The molecule has 0 aliphatic rings. The first-order chi connectivity index (χ1) is 12.0. The molecule has 2 amide bonds. The fraction of sp³-hybridized carbons (Fsp3) is 0.235. The molecule has 2 aromatic rings. The van der Waals surface area contributed by atoms with Crippen molar-refractivity contribution in [3.63, 3.8) is 0 Å². The van der Waals surface area contributed by atoms with E-state index >= 15 is 0 Å². The second-order valence-corrected chi connectivity index (χ2v) is 6.05. The third-order valence-corrected chi connectivity index (χ3v) is 3.63. The largest absolute Gasteiger partial charge is 0.385 e. The molecule has 2 N–H and O–H groups in total. The molecule has 25 heavy (non-hydrogen) atoms. The number of anilines is 1. The van der Waals surface area contributed by atoms with E-state index in [0.29, 0.717) is 40.9 Å². The van der Waals surface area contributed by atoms with Crippen molar-refractivity contribution in [2.45, 2.75) is 6.42 Å². The van der Waals surface area contributed by atoms with Gasteiger partial charge in [0.1, 0.15) is 0 Å². The Morgan fingerprint density at radius 3 is 2.32 bits per heavy atom. The minimum absolute atomic E-state index is 0.251. The van der Waals surface area contributed by atoms with Gasteiger partial charge in [-0.3, -0.25) is 14.6 Å². The summed E-state index contributed by atoms with van der Waals surface area (Å²) in [6.45, 7) is 1.04. The van der Waals surface area contributed by atoms with Crippen LogP contribution in [0.25, 0.3) is 0 Å². The van der Waals surface area contributed by atoms with Crippen molar-refractivity contribution in [3.8, 4) is 0 Å². The first kappa shape index (κ1) is 19.2. The van der Waals surface area contributed by atoms with Gasteiger partial charge in [-0.1, -0.05) is 23.2 Å². The Morgan fingerprint density at radius 1 is 1.04 bits per heavy atom. The molecule has 2 rings (SSSR count). The quantitative estimate of drug-likeness (QED) is 0.720. The van der Waals surface area contributed by atoms with Crippen molar-refractivity contribution < 1.29 is 14.3 Å². The zero-order valence-electron chi connectivity index (χ0n) is 13.5. The number of carbonyl (C=O) groups is 2. The molecule has 132 valence electrons. The molecule has 0 bridgehead atoms. The van der Waals surface area contributed by atoms with Crippen molar-refractivity contribution in [2.24, 2.45) is 0 Å². The van der Waals surface area contributed by atoms with E-state index in [0.717, 1.165) is 0 Å². The number of amides is 2. The van der Waals surface area contributed by atoms with Crippen LogP contribution in [0.15, 0.2) is 36.7 Å². The molecular formula is C17H17Cl2N3O3. The number of nitrogens with zero attached hydrogens (tertiary/aromatic N) is 1. The molecule has 0 fully saturated rings. The molecule has 6 nitrogen and oxygen atoms in total. The molecule has 0 unspecified atom stereocenters. The van der Waals surface area contributed by atoms with E-state index in [-0.39, 0.29) is 11.5 Å². The zero-order valence-corrected chi connectivity index (χ0v) is 15.0. The monoisotopic (exact) mass is 381 g/mol. The smallest absolute Gasteiger partial charge is 0.257 e. The minimum atomic E-state index is -0.417. The number of pyridine rings is 1. The molecule has 0 saturated carbocycles. The number of halogens is 2. The van der Waals surface area contributed by atoms with Gasteiger partial charge in [0, 0.05) is 48.4 Å². The van der Waals surface area contributed by atoms with Gasteiger partial charge in [-0.25, -0.2) is 0 Å². The van der Waals surface area contributed by atoms with Gasteiger partial charge in [0.25, 0.3) is 11.8 Å². The predicted molar refractivity (Wildman–Crippen MR) is 97.5 cm³/mol. The second-order valence-electron chi connectivity index (χ2n) is 5.18. The number of methoxy groups -OCH3 is 1. The van der Waals surface area contributed by atoms with E-state index < -0.39 is 5.91 Å². The number of hydrogen-bond acceptors (Lipinski definition) is 4. The van der Waals surface area contributed by atoms with Crippen molar-refractivity contribution in [1.29, 1.82) is 0 Å². The lowest BCUT2D eigenvalue weighted by atomic mass is 10.1. The van der Waals surface area contributed by atoms with Crippen LogP contribution in [-0.4, -0.2) is 37.1 Å². The van der Waals surface area contributed by atoms with E-state index in [2.05, 4.69) is 15.6 Å². The van der Waals surface area contributed by atoms with Crippen LogP contribution in [0.1, 0.15) is 27.1 Å². The number of ether oxygens (including phenoxy) is 1. The highest BCUT2D eigenvalue weighted by Gasteiger charge is 2.12. The number of hydrogen-bond donors (Lipinski definition) is 2. The number of carbonyl (C=O) groups excluding carboxylic acids is 2. The second kappa shape index (κ2) is 9.36. The molecule has 0 aliphatic heterocycles. The maximum absolute atomic E-state index is 12.3. The summed E-state index contributed by atoms with van der Waals surface area (Å²) in [5.41, 5.74) is 1.01. The van der Waals surface area contributed by atoms with E-state index in [1.807, 2.05) is 0 Å². The Labute approximate surface area is 155 Å². The molecule has 0 spiro atoms. The van der Waals surface area contributed by atoms with Crippen LogP contribution in [0.3, 0.4) is 0 Å². The Hall–Kier alpha value is -2.15. The maximum atomic E-state index is 12.3. The predicted octanol–water partition coefficient (Wildman–Crippen LogP) is 3.41. The Balaban J connectivity index is 2.04. The Kier molecular flexibility index (Phi) is 7.18. The number of rotatable bonds is 7. The summed E-state index contributed by atoms with van der Waals surface area (Å²) < 4.78 is 4.92. The summed E-state index contributed by atoms with van der Waals surface area (Å²) in [7, 11) is 1.60. The highest BCUT2D eigenvalue weighted by atomic mass is 35.5. The molecule has 1 aromatic heterocycles.